The Morgan fingerprint density at radius 1 is 1.29 bits per heavy atom. The molecule has 10 heteroatoms. The van der Waals surface area contributed by atoms with E-state index < -0.39 is 4.92 Å². The molecule has 0 bridgehead atoms. The molecule has 1 aliphatic heterocycles. The predicted octanol–water partition coefficient (Wildman–Crippen LogP) is 2.31. The molecule has 1 aliphatic rings. The maximum absolute atomic E-state index is 12.7. The number of aromatic nitrogens is 3. The smallest absolute Gasteiger partial charge is 0.329 e. The molecule has 0 fully saturated rings. The van der Waals surface area contributed by atoms with Crippen LogP contribution in [0, 0.1) is 10.1 Å². The van der Waals surface area contributed by atoms with E-state index in [1.807, 2.05) is 12.1 Å². The summed E-state index contributed by atoms with van der Waals surface area (Å²) in [7, 11) is 0. The van der Waals surface area contributed by atoms with Crippen molar-refractivity contribution in [3.63, 3.8) is 0 Å². The number of nitro groups is 1. The summed E-state index contributed by atoms with van der Waals surface area (Å²) in [6.07, 6.45) is 4.94. The van der Waals surface area contributed by atoms with Gasteiger partial charge in [0.05, 0.1) is 10.5 Å². The van der Waals surface area contributed by atoms with Crippen molar-refractivity contribution in [1.29, 1.82) is 0 Å². The Labute approximate surface area is 159 Å². The number of nitrogens with zero attached hydrogens (tertiary/aromatic N) is 5. The van der Waals surface area contributed by atoms with Crippen LogP contribution in [-0.4, -0.2) is 32.3 Å². The molecule has 140 valence electrons. The zero-order valence-electron chi connectivity index (χ0n) is 14.6. The van der Waals surface area contributed by atoms with Crippen LogP contribution < -0.4 is 16.0 Å². The number of hydrogen-bond donors (Lipinski definition) is 2. The van der Waals surface area contributed by atoms with Crippen LogP contribution in [0.25, 0.3) is 0 Å². The Bertz CT molecular complexity index is 1070. The van der Waals surface area contributed by atoms with Crippen LogP contribution in [0.15, 0.2) is 48.9 Å². The third kappa shape index (κ3) is 3.18. The van der Waals surface area contributed by atoms with Crippen molar-refractivity contribution in [2.24, 2.45) is 0 Å². The lowest BCUT2D eigenvalue weighted by molar-refractivity contribution is -0.384. The predicted molar refractivity (Wildman–Crippen MR) is 102 cm³/mol. The van der Waals surface area contributed by atoms with Crippen LogP contribution >= 0.6 is 0 Å². The van der Waals surface area contributed by atoms with Crippen molar-refractivity contribution in [3.05, 3.63) is 70.2 Å². The maximum Gasteiger partial charge on any atom is 0.329 e. The van der Waals surface area contributed by atoms with Crippen molar-refractivity contribution < 1.29 is 9.72 Å². The van der Waals surface area contributed by atoms with Crippen LogP contribution in [0.3, 0.4) is 0 Å². The zero-order valence-corrected chi connectivity index (χ0v) is 14.6. The van der Waals surface area contributed by atoms with E-state index in [1.54, 1.807) is 35.5 Å². The number of nitrogens with one attached hydrogen (secondary N) is 1. The number of benzene rings is 1. The summed E-state index contributed by atoms with van der Waals surface area (Å²) in [6.45, 7) is 0.577. The quantitative estimate of drug-likeness (QED) is 0.521. The molecule has 2 aromatic heterocycles. The van der Waals surface area contributed by atoms with Crippen LogP contribution in [0.5, 0.6) is 0 Å². The second-order valence-electron chi connectivity index (χ2n) is 6.14. The van der Waals surface area contributed by atoms with Gasteiger partial charge in [0.15, 0.2) is 0 Å². The molecule has 0 atom stereocenters. The Morgan fingerprint density at radius 2 is 2.14 bits per heavy atom. The summed E-state index contributed by atoms with van der Waals surface area (Å²) in [5, 5.41) is 13.8. The van der Waals surface area contributed by atoms with E-state index in [4.69, 9.17) is 5.73 Å². The molecular weight excluding hydrogens is 362 g/mol. The van der Waals surface area contributed by atoms with Gasteiger partial charge in [0.2, 0.25) is 11.8 Å². The van der Waals surface area contributed by atoms with Crippen molar-refractivity contribution >= 4 is 34.7 Å². The molecule has 0 saturated carbocycles. The number of fused-ring (bicyclic) bond motifs is 1. The first-order valence-corrected chi connectivity index (χ1v) is 8.41. The highest BCUT2D eigenvalue weighted by atomic mass is 16.6. The van der Waals surface area contributed by atoms with Gasteiger partial charge in [-0.15, -0.1) is 0 Å². The molecule has 3 heterocycles. The Hall–Kier alpha value is -4.08. The molecule has 0 aliphatic carbocycles. The van der Waals surface area contributed by atoms with Gasteiger partial charge in [-0.1, -0.05) is 0 Å². The van der Waals surface area contributed by atoms with E-state index in [0.29, 0.717) is 24.2 Å². The number of carbonyl (C=O) groups excluding carboxylic acids is 1. The van der Waals surface area contributed by atoms with Gasteiger partial charge in [0.1, 0.15) is 6.20 Å². The van der Waals surface area contributed by atoms with Gasteiger partial charge >= 0.3 is 5.69 Å². The SMILES string of the molecule is Nc1nc(Nc2ccc3c(c2)CCN3C(=O)c2cccnc2)ncc1[N+](=O)[O-]. The van der Waals surface area contributed by atoms with Crippen LogP contribution in [0.2, 0.25) is 0 Å². The van der Waals surface area contributed by atoms with Crippen molar-refractivity contribution in [3.8, 4) is 0 Å². The number of rotatable bonds is 4. The highest BCUT2D eigenvalue weighted by molar-refractivity contribution is 6.07. The minimum atomic E-state index is -0.637. The lowest BCUT2D eigenvalue weighted by atomic mass is 10.1. The molecule has 1 aromatic carbocycles. The minimum absolute atomic E-state index is 0.0981. The van der Waals surface area contributed by atoms with E-state index in [-0.39, 0.29) is 23.4 Å². The number of nitrogens with two attached hydrogens (primary N) is 1. The van der Waals surface area contributed by atoms with E-state index in [1.165, 1.54) is 0 Å². The van der Waals surface area contributed by atoms with E-state index in [0.717, 1.165) is 17.4 Å². The second kappa shape index (κ2) is 6.91. The summed E-state index contributed by atoms with van der Waals surface area (Å²) in [5.41, 5.74) is 8.31. The zero-order chi connectivity index (χ0) is 19.7. The molecule has 28 heavy (non-hydrogen) atoms. The number of pyridine rings is 1. The maximum atomic E-state index is 12.7. The number of hydrogen-bond acceptors (Lipinski definition) is 8. The average Bonchev–Trinajstić information content (AvgIpc) is 3.11. The largest absolute Gasteiger partial charge is 0.378 e. The number of carbonyl (C=O) groups is 1. The first-order valence-electron chi connectivity index (χ1n) is 8.41. The molecule has 0 unspecified atom stereocenters. The summed E-state index contributed by atoms with van der Waals surface area (Å²) in [4.78, 5) is 36.4. The summed E-state index contributed by atoms with van der Waals surface area (Å²) >= 11 is 0. The average molecular weight is 377 g/mol. The molecule has 10 nitrogen and oxygen atoms in total. The Balaban J connectivity index is 1.55. The lowest BCUT2D eigenvalue weighted by Gasteiger charge is -2.17. The number of anilines is 4. The molecule has 1 amide bonds. The van der Waals surface area contributed by atoms with E-state index in [2.05, 4.69) is 20.3 Å². The summed E-state index contributed by atoms with van der Waals surface area (Å²) in [5.74, 6) is -0.153. The minimum Gasteiger partial charge on any atom is -0.378 e. The van der Waals surface area contributed by atoms with Gasteiger partial charge in [-0.25, -0.2) is 4.98 Å². The standard InChI is InChI=1S/C18H15N7O3/c19-16-15(25(27)28)10-21-18(23-16)22-13-3-4-14-11(8-13)5-7-24(14)17(26)12-2-1-6-20-9-12/h1-4,6,8-10H,5,7H2,(H3,19,21,22,23). The Morgan fingerprint density at radius 3 is 2.86 bits per heavy atom. The molecular formula is C18H15N7O3. The molecule has 0 saturated heterocycles. The number of nitrogen functional groups attached to an aromatic ring is 1. The lowest BCUT2D eigenvalue weighted by Crippen LogP contribution is -2.28. The Kier molecular flexibility index (Phi) is 4.28. The van der Waals surface area contributed by atoms with Crippen LogP contribution in [0.1, 0.15) is 15.9 Å². The van der Waals surface area contributed by atoms with Crippen molar-refractivity contribution in [2.45, 2.75) is 6.42 Å². The van der Waals surface area contributed by atoms with Crippen LogP contribution in [-0.2, 0) is 6.42 Å². The van der Waals surface area contributed by atoms with Gasteiger partial charge in [0, 0.05) is 30.3 Å². The van der Waals surface area contributed by atoms with E-state index in [9.17, 15) is 14.9 Å². The summed E-state index contributed by atoms with van der Waals surface area (Å²) in [6, 6.07) is 8.99. The molecule has 0 radical (unpaired) electrons. The molecule has 0 spiro atoms. The topological polar surface area (TPSA) is 140 Å². The fraction of sp³-hybridized carbons (Fsp3) is 0.111. The third-order valence-electron chi connectivity index (χ3n) is 4.38. The van der Waals surface area contributed by atoms with Gasteiger partial charge < -0.3 is 16.0 Å². The number of amides is 1. The first-order chi connectivity index (χ1) is 13.5. The second-order valence-corrected chi connectivity index (χ2v) is 6.14. The third-order valence-corrected chi connectivity index (χ3v) is 4.38. The monoisotopic (exact) mass is 377 g/mol. The highest BCUT2D eigenvalue weighted by Gasteiger charge is 2.26. The van der Waals surface area contributed by atoms with Gasteiger partial charge in [-0.05, 0) is 42.3 Å². The van der Waals surface area contributed by atoms with Crippen molar-refractivity contribution in [1.82, 2.24) is 15.0 Å². The van der Waals surface area contributed by atoms with Gasteiger partial charge in [-0.2, -0.15) is 4.98 Å². The fourth-order valence-electron chi connectivity index (χ4n) is 3.05. The fourth-order valence-corrected chi connectivity index (χ4v) is 3.05. The van der Waals surface area contributed by atoms with Crippen LogP contribution in [0.4, 0.5) is 28.8 Å². The molecule has 4 rings (SSSR count). The van der Waals surface area contributed by atoms with Gasteiger partial charge in [-0.3, -0.25) is 19.9 Å². The molecule has 3 N–H and O–H groups in total. The van der Waals surface area contributed by atoms with E-state index >= 15 is 0 Å². The first kappa shape index (κ1) is 17.3. The van der Waals surface area contributed by atoms with Gasteiger partial charge in [0.25, 0.3) is 5.91 Å². The normalized spacial score (nSPS) is 12.5. The van der Waals surface area contributed by atoms with Crippen molar-refractivity contribution in [2.75, 3.05) is 22.5 Å². The molecule has 3 aromatic rings. The summed E-state index contributed by atoms with van der Waals surface area (Å²) < 4.78 is 0. The highest BCUT2D eigenvalue weighted by Crippen LogP contribution is 2.32.